The van der Waals surface area contributed by atoms with E-state index in [9.17, 15) is 14.9 Å². The Kier molecular flexibility index (Phi) is 4.22. The van der Waals surface area contributed by atoms with Crippen LogP contribution in [0.15, 0.2) is 48.7 Å². The number of carbonyl (C=O) groups excluding carboxylic acids is 1. The molecule has 7 heteroatoms. The lowest BCUT2D eigenvalue weighted by atomic mass is 10.2. The molecular formula is C17H13ClN2O4. The average molecular weight is 345 g/mol. The van der Waals surface area contributed by atoms with E-state index in [0.29, 0.717) is 27.2 Å². The molecule has 0 aliphatic heterocycles. The first-order chi connectivity index (χ1) is 11.5. The summed E-state index contributed by atoms with van der Waals surface area (Å²) in [6.07, 6.45) is 1.54. The van der Waals surface area contributed by atoms with Crippen LogP contribution in [0.4, 0.5) is 5.69 Å². The topological polar surface area (TPSA) is 74.4 Å². The predicted octanol–water partition coefficient (Wildman–Crippen LogP) is 4.37. The Hall–Kier alpha value is -2.86. The molecule has 0 amide bonds. The molecule has 3 rings (SSSR count). The van der Waals surface area contributed by atoms with Gasteiger partial charge in [0.1, 0.15) is 5.69 Å². The molecule has 0 atom stereocenters. The highest BCUT2D eigenvalue weighted by Gasteiger charge is 2.21. The molecule has 0 bridgehead atoms. The van der Waals surface area contributed by atoms with Gasteiger partial charge >= 0.3 is 5.97 Å². The fraction of sp³-hybridized carbons (Fsp3) is 0.118. The lowest BCUT2D eigenvalue weighted by molar-refractivity contribution is -0.384. The molecule has 1 heterocycles. The average Bonchev–Trinajstić information content (AvgIpc) is 2.93. The number of ether oxygens (including phenoxy) is 1. The fourth-order valence-electron chi connectivity index (χ4n) is 2.60. The molecule has 0 radical (unpaired) electrons. The van der Waals surface area contributed by atoms with Crippen LogP contribution in [0.25, 0.3) is 16.6 Å². The van der Waals surface area contributed by atoms with Crippen molar-refractivity contribution < 1.29 is 14.5 Å². The monoisotopic (exact) mass is 344 g/mol. The van der Waals surface area contributed by atoms with Crippen molar-refractivity contribution in [3.05, 3.63) is 69.4 Å². The van der Waals surface area contributed by atoms with Crippen LogP contribution in [0.2, 0.25) is 5.02 Å². The molecule has 0 aliphatic carbocycles. The maximum Gasteiger partial charge on any atom is 0.340 e. The Labute approximate surface area is 142 Å². The highest BCUT2D eigenvalue weighted by Crippen LogP contribution is 2.31. The van der Waals surface area contributed by atoms with E-state index in [-0.39, 0.29) is 12.3 Å². The van der Waals surface area contributed by atoms with Crippen molar-refractivity contribution in [3.8, 4) is 5.69 Å². The summed E-state index contributed by atoms with van der Waals surface area (Å²) in [5, 5.41) is 12.4. The zero-order chi connectivity index (χ0) is 17.3. The van der Waals surface area contributed by atoms with Crippen LogP contribution >= 0.6 is 11.6 Å². The van der Waals surface area contributed by atoms with Crippen molar-refractivity contribution in [2.24, 2.45) is 0 Å². The quantitative estimate of drug-likeness (QED) is 0.400. The molecule has 1 aromatic heterocycles. The maximum absolute atomic E-state index is 12.2. The third-order valence-corrected chi connectivity index (χ3v) is 3.83. The number of nitro groups is 1. The Morgan fingerprint density at radius 3 is 2.75 bits per heavy atom. The first-order valence-electron chi connectivity index (χ1n) is 7.24. The largest absolute Gasteiger partial charge is 0.462 e. The summed E-state index contributed by atoms with van der Waals surface area (Å²) in [4.78, 5) is 23.1. The maximum atomic E-state index is 12.2. The van der Waals surface area contributed by atoms with Gasteiger partial charge in [-0.1, -0.05) is 23.7 Å². The number of nitrogens with zero attached hydrogens (tertiary/aromatic N) is 2. The molecule has 0 N–H and O–H groups in total. The third-order valence-electron chi connectivity index (χ3n) is 3.60. The molecule has 0 fully saturated rings. The summed E-state index contributed by atoms with van der Waals surface area (Å²) < 4.78 is 6.68. The van der Waals surface area contributed by atoms with Crippen molar-refractivity contribution in [2.45, 2.75) is 6.92 Å². The minimum Gasteiger partial charge on any atom is -0.462 e. The third kappa shape index (κ3) is 2.72. The number of rotatable bonds is 4. The summed E-state index contributed by atoms with van der Waals surface area (Å²) in [7, 11) is 0. The van der Waals surface area contributed by atoms with Crippen LogP contribution in [0.5, 0.6) is 0 Å². The van der Waals surface area contributed by atoms with Crippen molar-refractivity contribution in [1.29, 1.82) is 0 Å². The molecule has 0 saturated carbocycles. The summed E-state index contributed by atoms with van der Waals surface area (Å²) in [5.74, 6) is -0.498. The van der Waals surface area contributed by atoms with Crippen molar-refractivity contribution in [3.63, 3.8) is 0 Å². The number of carbonyl (C=O) groups is 1. The van der Waals surface area contributed by atoms with Crippen LogP contribution in [-0.2, 0) is 4.74 Å². The molecular weight excluding hydrogens is 332 g/mol. The van der Waals surface area contributed by atoms with Crippen LogP contribution in [0, 0.1) is 10.1 Å². The minimum absolute atomic E-state index is 0.0558. The number of hydrogen-bond acceptors (Lipinski definition) is 4. The highest BCUT2D eigenvalue weighted by molar-refractivity contribution is 6.31. The van der Waals surface area contributed by atoms with Gasteiger partial charge in [-0.05, 0) is 31.2 Å². The molecule has 3 aromatic rings. The standard InChI is InChI=1S/C17H13ClN2O4/c1-2-24-17(21)13-10-19(14-8-7-11(18)9-12(13)14)15-5-3-4-6-16(15)20(22)23/h3-10H,2H2,1H3. The number of fused-ring (bicyclic) bond motifs is 1. The van der Waals surface area contributed by atoms with Crippen molar-refractivity contribution in [1.82, 2.24) is 4.57 Å². The second kappa shape index (κ2) is 6.33. The predicted molar refractivity (Wildman–Crippen MR) is 90.9 cm³/mol. The van der Waals surface area contributed by atoms with Crippen LogP contribution in [0.3, 0.4) is 0 Å². The van der Waals surface area contributed by atoms with E-state index in [4.69, 9.17) is 16.3 Å². The van der Waals surface area contributed by atoms with E-state index in [1.807, 2.05) is 0 Å². The van der Waals surface area contributed by atoms with Crippen LogP contribution in [0.1, 0.15) is 17.3 Å². The number of hydrogen-bond donors (Lipinski definition) is 0. The van der Waals surface area contributed by atoms with Gasteiger partial charge in [0, 0.05) is 22.7 Å². The molecule has 122 valence electrons. The molecule has 2 aromatic carbocycles. The number of halogens is 1. The Morgan fingerprint density at radius 1 is 1.29 bits per heavy atom. The van der Waals surface area contributed by atoms with Gasteiger partial charge in [0.15, 0.2) is 0 Å². The second-order valence-corrected chi connectivity index (χ2v) is 5.48. The Morgan fingerprint density at radius 2 is 2.04 bits per heavy atom. The van der Waals surface area contributed by atoms with Gasteiger partial charge in [-0.2, -0.15) is 0 Å². The molecule has 0 saturated heterocycles. The summed E-state index contributed by atoms with van der Waals surface area (Å²) in [5.41, 5.74) is 1.26. The number of esters is 1. The first kappa shape index (κ1) is 16.0. The molecule has 6 nitrogen and oxygen atoms in total. The molecule has 0 spiro atoms. The van der Waals surface area contributed by atoms with E-state index in [2.05, 4.69) is 0 Å². The highest BCUT2D eigenvalue weighted by atomic mass is 35.5. The summed E-state index contributed by atoms with van der Waals surface area (Å²) >= 11 is 6.04. The van der Waals surface area contributed by atoms with E-state index in [1.54, 1.807) is 54.1 Å². The molecule has 0 unspecified atom stereocenters. The zero-order valence-electron chi connectivity index (χ0n) is 12.7. The molecule has 24 heavy (non-hydrogen) atoms. The lowest BCUT2D eigenvalue weighted by Crippen LogP contribution is -2.04. The van der Waals surface area contributed by atoms with E-state index < -0.39 is 10.9 Å². The van der Waals surface area contributed by atoms with Crippen LogP contribution < -0.4 is 0 Å². The smallest absolute Gasteiger partial charge is 0.340 e. The minimum atomic E-state index is -0.498. The lowest BCUT2D eigenvalue weighted by Gasteiger charge is -2.06. The fourth-order valence-corrected chi connectivity index (χ4v) is 2.77. The van der Waals surface area contributed by atoms with Crippen molar-refractivity contribution >= 4 is 34.2 Å². The number of aromatic nitrogens is 1. The van der Waals surface area contributed by atoms with Gasteiger partial charge in [-0.3, -0.25) is 10.1 Å². The number of nitro benzene ring substituents is 1. The molecule has 0 aliphatic rings. The summed E-state index contributed by atoms with van der Waals surface area (Å²) in [6, 6.07) is 11.4. The van der Waals surface area contributed by atoms with E-state index in [0.717, 1.165) is 0 Å². The number of benzene rings is 2. The van der Waals surface area contributed by atoms with Gasteiger partial charge in [0.2, 0.25) is 0 Å². The van der Waals surface area contributed by atoms with Crippen LogP contribution in [-0.4, -0.2) is 22.1 Å². The second-order valence-electron chi connectivity index (χ2n) is 5.04. The Bertz CT molecular complexity index is 949. The summed E-state index contributed by atoms with van der Waals surface area (Å²) in [6.45, 7) is 1.95. The number of para-hydroxylation sites is 2. The Balaban J connectivity index is 2.30. The SMILES string of the molecule is CCOC(=O)c1cn(-c2ccccc2[N+](=O)[O-])c2ccc(Cl)cc12. The van der Waals surface area contributed by atoms with Gasteiger partial charge in [0.05, 0.1) is 22.6 Å². The normalized spacial score (nSPS) is 10.8. The van der Waals surface area contributed by atoms with Crippen molar-refractivity contribution in [2.75, 3.05) is 6.61 Å². The first-order valence-corrected chi connectivity index (χ1v) is 7.62. The zero-order valence-corrected chi connectivity index (χ0v) is 13.5. The van der Waals surface area contributed by atoms with Gasteiger partial charge in [-0.15, -0.1) is 0 Å². The van der Waals surface area contributed by atoms with Gasteiger partial charge < -0.3 is 9.30 Å². The van der Waals surface area contributed by atoms with E-state index in [1.165, 1.54) is 6.07 Å². The van der Waals surface area contributed by atoms with Gasteiger partial charge in [0.25, 0.3) is 5.69 Å². The van der Waals surface area contributed by atoms with Gasteiger partial charge in [-0.25, -0.2) is 4.79 Å². The van der Waals surface area contributed by atoms with E-state index >= 15 is 0 Å².